The van der Waals surface area contributed by atoms with Gasteiger partial charge in [0.2, 0.25) is 5.88 Å². The summed E-state index contributed by atoms with van der Waals surface area (Å²) < 4.78 is 23.0. The number of aliphatic hydroxyl groups is 1. The maximum absolute atomic E-state index is 15.4. The number of rotatable bonds is 12. The third kappa shape index (κ3) is 9.15. The maximum atomic E-state index is 15.4. The predicted octanol–water partition coefficient (Wildman–Crippen LogP) is 7.59. The second-order valence-corrected chi connectivity index (χ2v) is 16.0. The molecule has 2 aromatic carbocycles. The van der Waals surface area contributed by atoms with Crippen LogP contribution in [-0.4, -0.2) is 68.4 Å². The molecule has 1 aliphatic carbocycles. The van der Waals surface area contributed by atoms with E-state index >= 15 is 4.39 Å². The number of β-amino-alcohol motifs (C(OH)–C–C–N with tert-alkyl or cyclic N) is 1. The normalized spacial score (nSPS) is 17.9. The number of aliphatic hydroxyl groups excluding tert-OH is 1. The Morgan fingerprint density at radius 2 is 1.91 bits per heavy atom. The van der Waals surface area contributed by atoms with Crippen molar-refractivity contribution < 1.29 is 23.8 Å². The summed E-state index contributed by atoms with van der Waals surface area (Å²) in [7, 11) is 4.34. The molecule has 1 saturated heterocycles. The van der Waals surface area contributed by atoms with Crippen molar-refractivity contribution in [3.8, 4) is 28.3 Å². The molecule has 1 fully saturated rings. The van der Waals surface area contributed by atoms with Crippen LogP contribution in [0.15, 0.2) is 52.2 Å². The van der Waals surface area contributed by atoms with Gasteiger partial charge in [0.25, 0.3) is 11.5 Å². The van der Waals surface area contributed by atoms with Gasteiger partial charge in [-0.25, -0.2) is 19.0 Å². The zero-order valence-electron chi connectivity index (χ0n) is 34.8. The molecule has 2 aromatic heterocycles. The summed E-state index contributed by atoms with van der Waals surface area (Å²) in [5, 5.41) is 15.0. The van der Waals surface area contributed by atoms with E-state index in [1.165, 1.54) is 39.2 Å². The molecule has 0 saturated carbocycles. The van der Waals surface area contributed by atoms with Gasteiger partial charge in [0, 0.05) is 61.3 Å². The van der Waals surface area contributed by atoms with Crippen molar-refractivity contribution in [2.24, 2.45) is 20.0 Å². The number of fused-ring (bicyclic) bond motifs is 1. The zero-order chi connectivity index (χ0) is 42.5. The summed E-state index contributed by atoms with van der Waals surface area (Å²) in [6.07, 6.45) is 8.51. The van der Waals surface area contributed by atoms with Crippen LogP contribution in [0.4, 0.5) is 14.9 Å². The number of urea groups is 1. The van der Waals surface area contributed by atoms with Crippen LogP contribution in [0.2, 0.25) is 5.02 Å². The number of methoxy groups -OCH3 is 1. The summed E-state index contributed by atoms with van der Waals surface area (Å²) >= 11 is 6.87. The van der Waals surface area contributed by atoms with Crippen molar-refractivity contribution in [3.63, 3.8) is 0 Å². The lowest BCUT2D eigenvalue weighted by molar-refractivity contribution is 0.102. The number of pyridine rings is 1. The fourth-order valence-corrected chi connectivity index (χ4v) is 8.18. The highest BCUT2D eigenvalue weighted by atomic mass is 35.5. The average molecular weight is 819 g/mol. The van der Waals surface area contributed by atoms with Crippen LogP contribution in [0.1, 0.15) is 99.2 Å². The molecule has 3 heterocycles. The van der Waals surface area contributed by atoms with E-state index in [4.69, 9.17) is 26.4 Å². The second kappa shape index (κ2) is 18.7. The lowest BCUT2D eigenvalue weighted by Gasteiger charge is -2.42. The van der Waals surface area contributed by atoms with Gasteiger partial charge in [0.15, 0.2) is 0 Å². The highest BCUT2D eigenvalue weighted by Crippen LogP contribution is 2.44. The summed E-state index contributed by atoms with van der Waals surface area (Å²) in [5.74, 6) is 0.382. The molecule has 2 aliphatic rings. The molecule has 3 unspecified atom stereocenters. The Labute approximate surface area is 344 Å². The first kappa shape index (κ1) is 44.1. The van der Waals surface area contributed by atoms with Crippen molar-refractivity contribution in [1.82, 2.24) is 24.3 Å². The fourth-order valence-electron chi connectivity index (χ4n) is 7.83. The summed E-state index contributed by atoms with van der Waals surface area (Å²) in [5.41, 5.74) is 3.44. The number of anilines is 1. The van der Waals surface area contributed by atoms with E-state index in [0.29, 0.717) is 46.4 Å². The summed E-state index contributed by atoms with van der Waals surface area (Å²) in [4.78, 5) is 56.0. The molecular formula is C44H56ClFN6O6. The predicted molar refractivity (Wildman–Crippen MR) is 226 cm³/mol. The van der Waals surface area contributed by atoms with Crippen LogP contribution in [0, 0.1) is 18.7 Å². The van der Waals surface area contributed by atoms with Crippen LogP contribution in [0.25, 0.3) is 22.4 Å². The Morgan fingerprint density at radius 1 is 1.17 bits per heavy atom. The molecule has 14 heteroatoms. The number of halogens is 2. The van der Waals surface area contributed by atoms with Crippen molar-refractivity contribution >= 4 is 29.2 Å². The van der Waals surface area contributed by atoms with Gasteiger partial charge in [0.05, 0.1) is 24.4 Å². The molecule has 4 aromatic rings. The molecule has 58 heavy (non-hydrogen) atoms. The smallest absolute Gasteiger partial charge is 0.330 e. The number of nitrogens with zero attached hydrogens (tertiary/aromatic N) is 4. The number of carbonyl (C=O) groups is 2. The molecular weight excluding hydrogens is 763 g/mol. The van der Waals surface area contributed by atoms with Crippen LogP contribution >= 0.6 is 11.6 Å². The molecule has 3 N–H and O–H groups in total. The van der Waals surface area contributed by atoms with Crippen molar-refractivity contribution in [1.29, 1.82) is 0 Å². The highest BCUT2D eigenvalue weighted by Gasteiger charge is 2.36. The molecule has 0 bridgehead atoms. The van der Waals surface area contributed by atoms with Gasteiger partial charge in [-0.05, 0) is 98.2 Å². The Bertz CT molecular complexity index is 2290. The van der Waals surface area contributed by atoms with Gasteiger partial charge in [-0.2, -0.15) is 0 Å². The third-order valence-corrected chi connectivity index (χ3v) is 12.3. The molecule has 1 aliphatic heterocycles. The van der Waals surface area contributed by atoms with E-state index in [0.717, 1.165) is 64.8 Å². The maximum Gasteiger partial charge on any atom is 0.330 e. The molecule has 3 atom stereocenters. The van der Waals surface area contributed by atoms with Crippen molar-refractivity contribution in [3.05, 3.63) is 96.5 Å². The van der Waals surface area contributed by atoms with Gasteiger partial charge >= 0.3 is 11.7 Å². The monoisotopic (exact) mass is 818 g/mol. The number of aromatic nitrogens is 3. The van der Waals surface area contributed by atoms with E-state index in [1.807, 2.05) is 6.07 Å². The quantitative estimate of drug-likeness (QED) is 0.133. The van der Waals surface area contributed by atoms with Crippen LogP contribution in [-0.2, 0) is 20.5 Å². The van der Waals surface area contributed by atoms with E-state index < -0.39 is 23.0 Å². The zero-order valence-corrected chi connectivity index (χ0v) is 35.6. The van der Waals surface area contributed by atoms with Crippen molar-refractivity contribution in [2.75, 3.05) is 32.1 Å². The van der Waals surface area contributed by atoms with Crippen molar-refractivity contribution in [2.45, 2.75) is 91.0 Å². The standard InChI is InChI=1S/C30H28ClFN4O4.C14H28N2O2/c1-15-9-10-17-13-23(34-28(40-5)24(15)17)19-11-12-21(32)25(26(19)31)18-7-6-8-22(16(18)2)33-27(37)20-14-35(3)30(39)36(4)29(20)38;1-4-12(3)6-7-14(5-2)8-9-16(10-11-17)13(18)15-14/h6-8,11-15H,9-10H2,1-5H3,(H,33,37);12,17H,4-11H2,1-3H3,(H,15,18). The van der Waals surface area contributed by atoms with Gasteiger partial charge in [-0.15, -0.1) is 0 Å². The van der Waals surface area contributed by atoms with Crippen LogP contribution in [0.5, 0.6) is 5.88 Å². The van der Waals surface area contributed by atoms with Gasteiger partial charge < -0.3 is 29.9 Å². The average Bonchev–Trinajstić information content (AvgIpc) is 3.59. The lowest BCUT2D eigenvalue weighted by Crippen LogP contribution is -2.60. The summed E-state index contributed by atoms with van der Waals surface area (Å²) in [6, 6.07) is 9.94. The number of hydrogen-bond donors (Lipinski definition) is 3. The van der Waals surface area contributed by atoms with Gasteiger partial charge in [-0.3, -0.25) is 14.2 Å². The first-order valence-electron chi connectivity index (χ1n) is 20.0. The summed E-state index contributed by atoms with van der Waals surface area (Å²) in [6.45, 7) is 11.8. The minimum atomic E-state index is -0.720. The Balaban J connectivity index is 0.000000299. The van der Waals surface area contributed by atoms with E-state index in [-0.39, 0.29) is 34.3 Å². The Hall–Kier alpha value is -5.01. The van der Waals surface area contributed by atoms with E-state index in [2.05, 4.69) is 38.3 Å². The first-order valence-corrected chi connectivity index (χ1v) is 20.4. The SMILES string of the molecule is CCC(C)CCC1(CC)CCN(CCO)C(=O)N1.COc1nc(-c2ccc(F)c(-c3cccc(NC(=O)c4cn(C)c(=O)n(C)c4=O)c3C)c2Cl)cc2c1C(C)CC2. The number of aryl methyl sites for hydroxylation is 2. The molecule has 6 rings (SSSR count). The molecule has 0 radical (unpaired) electrons. The Morgan fingerprint density at radius 3 is 2.57 bits per heavy atom. The molecule has 312 valence electrons. The molecule has 0 spiro atoms. The van der Waals surface area contributed by atoms with E-state index in [9.17, 15) is 19.2 Å². The molecule has 12 nitrogen and oxygen atoms in total. The molecule has 3 amide bonds. The number of carbonyl (C=O) groups excluding carboxylic acids is 2. The number of nitrogens with one attached hydrogen (secondary N) is 2. The van der Waals surface area contributed by atoms with Crippen LogP contribution < -0.4 is 26.6 Å². The second-order valence-electron chi connectivity index (χ2n) is 15.6. The van der Waals surface area contributed by atoms with Gasteiger partial charge in [0.1, 0.15) is 11.4 Å². The van der Waals surface area contributed by atoms with Gasteiger partial charge in [-0.1, -0.05) is 57.8 Å². The largest absolute Gasteiger partial charge is 0.481 e. The number of hydrogen-bond acceptors (Lipinski definition) is 7. The van der Waals surface area contributed by atoms with Crippen LogP contribution in [0.3, 0.4) is 0 Å². The lowest BCUT2D eigenvalue weighted by atomic mass is 9.82. The first-order chi connectivity index (χ1) is 27.6. The Kier molecular flexibility index (Phi) is 14.2. The number of amides is 3. The van der Waals surface area contributed by atoms with E-state index in [1.54, 1.807) is 43.2 Å². The minimum absolute atomic E-state index is 0.0127. The highest BCUT2D eigenvalue weighted by molar-refractivity contribution is 6.36. The fraction of sp³-hybridized carbons (Fsp3) is 0.477. The third-order valence-electron chi connectivity index (χ3n) is 11.9. The minimum Gasteiger partial charge on any atom is -0.481 e. The number of benzene rings is 2. The number of ether oxygens (including phenoxy) is 1. The topological polar surface area (TPSA) is 148 Å².